The average Bonchev–Trinajstić information content (AvgIpc) is 2.27. The van der Waals surface area contributed by atoms with Crippen LogP contribution >= 0.6 is 0 Å². The number of hydrogen-bond acceptors (Lipinski definition) is 3. The fraction of sp³-hybridized carbons (Fsp3) is 0.500. The van der Waals surface area contributed by atoms with E-state index in [9.17, 15) is 5.11 Å². The van der Waals surface area contributed by atoms with Crippen LogP contribution in [0.5, 0.6) is 5.75 Å². The molecule has 1 rings (SSSR count). The second kappa shape index (κ2) is 6.43. The lowest BCUT2D eigenvalue weighted by molar-refractivity contribution is 0.102. The lowest BCUT2D eigenvalue weighted by Crippen LogP contribution is -2.21. The smallest absolute Gasteiger partial charge is 0.119 e. The van der Waals surface area contributed by atoms with Gasteiger partial charge in [0.05, 0.1) is 6.10 Å². The van der Waals surface area contributed by atoms with E-state index < -0.39 is 6.10 Å². The van der Waals surface area contributed by atoms with Crippen molar-refractivity contribution in [3.8, 4) is 5.75 Å². The number of rotatable bonds is 6. The molecule has 0 aliphatic carbocycles. The number of aliphatic hydroxyl groups excluding tert-OH is 1. The molecule has 1 unspecified atom stereocenters. The van der Waals surface area contributed by atoms with Gasteiger partial charge in [-0.3, -0.25) is 0 Å². The summed E-state index contributed by atoms with van der Waals surface area (Å²) in [5.41, 5.74) is 6.57. The summed E-state index contributed by atoms with van der Waals surface area (Å²) < 4.78 is 5.46. The van der Waals surface area contributed by atoms with Gasteiger partial charge in [-0.15, -0.1) is 0 Å². The first-order valence-electron chi connectivity index (χ1n) is 5.36. The van der Waals surface area contributed by atoms with E-state index in [-0.39, 0.29) is 0 Å². The van der Waals surface area contributed by atoms with Crippen molar-refractivity contribution in [2.24, 2.45) is 5.73 Å². The predicted molar refractivity (Wildman–Crippen MR) is 61.0 cm³/mol. The molecular formula is C12H19NO2. The maximum absolute atomic E-state index is 9.43. The highest BCUT2D eigenvalue weighted by Gasteiger charge is 2.03. The van der Waals surface area contributed by atoms with Crippen LogP contribution < -0.4 is 10.5 Å². The van der Waals surface area contributed by atoms with E-state index in [4.69, 9.17) is 10.5 Å². The Hall–Kier alpha value is -1.06. The molecule has 0 aliphatic rings. The molecule has 0 saturated carbocycles. The first-order chi connectivity index (χ1) is 7.26. The minimum absolute atomic E-state index is 0.310. The van der Waals surface area contributed by atoms with Crippen LogP contribution in [0.4, 0.5) is 0 Å². The van der Waals surface area contributed by atoms with Gasteiger partial charge in [0.25, 0.3) is 0 Å². The van der Waals surface area contributed by atoms with E-state index in [1.54, 1.807) is 0 Å². The molecule has 1 aromatic carbocycles. The van der Waals surface area contributed by atoms with Crippen molar-refractivity contribution in [1.29, 1.82) is 0 Å². The topological polar surface area (TPSA) is 55.5 Å². The fourth-order valence-electron chi connectivity index (χ4n) is 1.32. The normalized spacial score (nSPS) is 12.5. The molecule has 84 valence electrons. The van der Waals surface area contributed by atoms with Gasteiger partial charge >= 0.3 is 0 Å². The maximum atomic E-state index is 9.43. The molecule has 0 amide bonds. The third kappa shape index (κ3) is 4.32. The third-order valence-corrected chi connectivity index (χ3v) is 2.25. The summed E-state index contributed by atoms with van der Waals surface area (Å²) in [6.45, 7) is 2.90. The number of nitrogens with two attached hydrogens (primary N) is 1. The Kier molecular flexibility index (Phi) is 5.15. The third-order valence-electron chi connectivity index (χ3n) is 2.25. The Balaban J connectivity index is 2.43. The first kappa shape index (κ1) is 12.0. The molecule has 3 nitrogen and oxygen atoms in total. The predicted octanol–water partition coefficient (Wildman–Crippen LogP) is 1.34. The molecule has 3 N–H and O–H groups in total. The van der Waals surface area contributed by atoms with Crippen LogP contribution in [0.15, 0.2) is 24.3 Å². The van der Waals surface area contributed by atoms with E-state index >= 15 is 0 Å². The minimum Gasteiger partial charge on any atom is -0.491 e. The Bertz CT molecular complexity index is 289. The highest BCUT2D eigenvalue weighted by molar-refractivity contribution is 5.28. The molecule has 0 aliphatic heterocycles. The quantitative estimate of drug-likeness (QED) is 0.743. The largest absolute Gasteiger partial charge is 0.491 e. The lowest BCUT2D eigenvalue weighted by Gasteiger charge is -2.11. The standard InChI is InChI=1S/C12H19NO2/c1-2-10-4-3-5-12(8-10)15-9-11(14)6-7-13/h3-5,8,11,14H,2,6-7,9,13H2,1H3. The van der Waals surface area contributed by atoms with Crippen LogP contribution in [0.3, 0.4) is 0 Å². The molecule has 0 aromatic heterocycles. The van der Waals surface area contributed by atoms with Crippen molar-refractivity contribution in [3.63, 3.8) is 0 Å². The van der Waals surface area contributed by atoms with E-state index in [0.717, 1.165) is 12.2 Å². The molecule has 0 radical (unpaired) electrons. The summed E-state index contributed by atoms with van der Waals surface area (Å²) in [6, 6.07) is 7.91. The summed E-state index contributed by atoms with van der Waals surface area (Å²) in [7, 11) is 0. The summed E-state index contributed by atoms with van der Waals surface area (Å²) in [6.07, 6.45) is 1.09. The number of aryl methyl sites for hydroxylation is 1. The van der Waals surface area contributed by atoms with Gasteiger partial charge in [0.1, 0.15) is 12.4 Å². The van der Waals surface area contributed by atoms with E-state index in [0.29, 0.717) is 19.6 Å². The number of aliphatic hydroxyl groups is 1. The van der Waals surface area contributed by atoms with Crippen LogP contribution in [0, 0.1) is 0 Å². The van der Waals surface area contributed by atoms with Crippen LogP contribution in [0.1, 0.15) is 18.9 Å². The Labute approximate surface area is 90.9 Å². The van der Waals surface area contributed by atoms with Gasteiger partial charge in [0.2, 0.25) is 0 Å². The van der Waals surface area contributed by atoms with Crippen molar-refractivity contribution in [1.82, 2.24) is 0 Å². The Morgan fingerprint density at radius 3 is 2.93 bits per heavy atom. The van der Waals surface area contributed by atoms with Crippen LogP contribution in [0.2, 0.25) is 0 Å². The zero-order valence-electron chi connectivity index (χ0n) is 9.15. The van der Waals surface area contributed by atoms with Gasteiger partial charge in [0, 0.05) is 0 Å². The lowest BCUT2D eigenvalue weighted by atomic mass is 10.2. The Morgan fingerprint density at radius 2 is 2.27 bits per heavy atom. The molecule has 1 atom stereocenters. The highest BCUT2D eigenvalue weighted by Crippen LogP contribution is 2.14. The average molecular weight is 209 g/mol. The van der Waals surface area contributed by atoms with Crippen molar-refractivity contribution in [2.75, 3.05) is 13.2 Å². The highest BCUT2D eigenvalue weighted by atomic mass is 16.5. The van der Waals surface area contributed by atoms with Gasteiger partial charge < -0.3 is 15.6 Å². The van der Waals surface area contributed by atoms with Gasteiger partial charge in [-0.05, 0) is 37.1 Å². The van der Waals surface area contributed by atoms with Crippen molar-refractivity contribution in [3.05, 3.63) is 29.8 Å². The zero-order valence-corrected chi connectivity index (χ0v) is 9.15. The van der Waals surface area contributed by atoms with Crippen molar-refractivity contribution >= 4 is 0 Å². The first-order valence-corrected chi connectivity index (χ1v) is 5.36. The van der Waals surface area contributed by atoms with Crippen molar-refractivity contribution < 1.29 is 9.84 Å². The minimum atomic E-state index is -0.472. The van der Waals surface area contributed by atoms with E-state index in [1.165, 1.54) is 5.56 Å². The number of benzene rings is 1. The van der Waals surface area contributed by atoms with Crippen LogP contribution in [0.25, 0.3) is 0 Å². The molecule has 0 saturated heterocycles. The SMILES string of the molecule is CCc1cccc(OCC(O)CCN)c1. The second-order valence-electron chi connectivity index (χ2n) is 3.54. The van der Waals surface area contributed by atoms with Crippen LogP contribution in [-0.4, -0.2) is 24.4 Å². The van der Waals surface area contributed by atoms with Gasteiger partial charge in [-0.2, -0.15) is 0 Å². The molecule has 3 heteroatoms. The summed E-state index contributed by atoms with van der Waals surface area (Å²) in [5.74, 6) is 0.811. The Morgan fingerprint density at radius 1 is 1.47 bits per heavy atom. The van der Waals surface area contributed by atoms with Crippen molar-refractivity contribution in [2.45, 2.75) is 25.9 Å². The number of ether oxygens (including phenoxy) is 1. The summed E-state index contributed by atoms with van der Waals surface area (Å²) in [4.78, 5) is 0. The maximum Gasteiger partial charge on any atom is 0.119 e. The molecule has 0 heterocycles. The summed E-state index contributed by atoms with van der Waals surface area (Å²) >= 11 is 0. The molecule has 15 heavy (non-hydrogen) atoms. The van der Waals surface area contributed by atoms with Crippen LogP contribution in [-0.2, 0) is 6.42 Å². The monoisotopic (exact) mass is 209 g/mol. The van der Waals surface area contributed by atoms with Gasteiger partial charge in [-0.25, -0.2) is 0 Å². The van der Waals surface area contributed by atoms with E-state index in [2.05, 4.69) is 13.0 Å². The zero-order chi connectivity index (χ0) is 11.1. The second-order valence-corrected chi connectivity index (χ2v) is 3.54. The fourth-order valence-corrected chi connectivity index (χ4v) is 1.32. The van der Waals surface area contributed by atoms with Gasteiger partial charge in [0.15, 0.2) is 0 Å². The molecule has 0 spiro atoms. The molecular weight excluding hydrogens is 190 g/mol. The summed E-state index contributed by atoms with van der Waals surface area (Å²) in [5, 5.41) is 9.43. The molecule has 1 aromatic rings. The molecule has 0 bridgehead atoms. The van der Waals surface area contributed by atoms with Gasteiger partial charge in [-0.1, -0.05) is 19.1 Å². The van der Waals surface area contributed by atoms with E-state index in [1.807, 2.05) is 18.2 Å². The molecule has 0 fully saturated rings. The number of hydrogen-bond donors (Lipinski definition) is 2.